The molecule has 3 nitrogen and oxygen atoms in total. The summed E-state index contributed by atoms with van der Waals surface area (Å²) in [6.45, 7) is 0. The molecule has 0 spiro atoms. The monoisotopic (exact) mass is 295 g/mol. The van der Waals surface area contributed by atoms with Crippen molar-refractivity contribution in [3.63, 3.8) is 0 Å². The van der Waals surface area contributed by atoms with E-state index in [1.54, 1.807) is 0 Å². The van der Waals surface area contributed by atoms with E-state index >= 15 is 0 Å². The molecule has 0 aliphatic carbocycles. The van der Waals surface area contributed by atoms with E-state index in [9.17, 15) is 0 Å². The molecule has 5 heteroatoms. The SMILES string of the molecule is Cl.Cl.Nc1cccc(-n2ccc3ccccc32)c1N. The fraction of sp³-hybridized carbons (Fsp3) is 0. The van der Waals surface area contributed by atoms with Crippen LogP contribution in [-0.2, 0) is 0 Å². The predicted octanol–water partition coefficient (Wildman–Crippen LogP) is 3.64. The van der Waals surface area contributed by atoms with Gasteiger partial charge in [0.2, 0.25) is 0 Å². The number of para-hydroxylation sites is 2. The Hall–Kier alpha value is -1.84. The Morgan fingerprint density at radius 1 is 0.789 bits per heavy atom. The van der Waals surface area contributed by atoms with Crippen LogP contribution in [-0.4, -0.2) is 4.57 Å². The maximum Gasteiger partial charge on any atom is 0.0792 e. The van der Waals surface area contributed by atoms with Gasteiger partial charge in [-0.2, -0.15) is 0 Å². The van der Waals surface area contributed by atoms with Crippen LogP contribution >= 0.6 is 24.8 Å². The van der Waals surface area contributed by atoms with Gasteiger partial charge in [0.25, 0.3) is 0 Å². The quantitative estimate of drug-likeness (QED) is 0.674. The number of nitrogen functional groups attached to an aromatic ring is 2. The van der Waals surface area contributed by atoms with E-state index < -0.39 is 0 Å². The lowest BCUT2D eigenvalue weighted by Gasteiger charge is -2.10. The molecule has 0 bridgehead atoms. The summed E-state index contributed by atoms with van der Waals surface area (Å²) in [5.41, 5.74) is 15.1. The smallest absolute Gasteiger partial charge is 0.0792 e. The van der Waals surface area contributed by atoms with Crippen LogP contribution in [0.25, 0.3) is 16.6 Å². The normalized spacial score (nSPS) is 9.68. The van der Waals surface area contributed by atoms with Crippen LogP contribution in [0.3, 0.4) is 0 Å². The maximum absolute atomic E-state index is 6.02. The van der Waals surface area contributed by atoms with Crippen LogP contribution in [0, 0.1) is 0 Å². The zero-order valence-corrected chi connectivity index (χ0v) is 11.7. The molecular weight excluding hydrogens is 281 g/mol. The van der Waals surface area contributed by atoms with E-state index in [1.807, 2.05) is 36.5 Å². The Morgan fingerprint density at radius 3 is 2.32 bits per heavy atom. The van der Waals surface area contributed by atoms with Crippen LogP contribution in [0.2, 0.25) is 0 Å². The van der Waals surface area contributed by atoms with Gasteiger partial charge in [-0.05, 0) is 29.7 Å². The molecule has 1 heterocycles. The van der Waals surface area contributed by atoms with Crippen LogP contribution in [0.5, 0.6) is 0 Å². The lowest BCUT2D eigenvalue weighted by atomic mass is 10.2. The third kappa shape index (κ3) is 2.48. The molecule has 0 aliphatic heterocycles. The number of benzene rings is 2. The van der Waals surface area contributed by atoms with Crippen molar-refractivity contribution >= 4 is 47.1 Å². The summed E-state index contributed by atoms with van der Waals surface area (Å²) in [6.07, 6.45) is 2.01. The standard InChI is InChI=1S/C14H13N3.2ClH/c15-11-5-3-7-13(14(11)16)17-9-8-10-4-1-2-6-12(10)17;;/h1-9H,15-16H2;2*1H. The second kappa shape index (κ2) is 5.87. The Labute approximate surface area is 124 Å². The molecule has 0 fully saturated rings. The van der Waals surface area contributed by atoms with Crippen molar-refractivity contribution in [2.75, 3.05) is 11.5 Å². The van der Waals surface area contributed by atoms with Gasteiger partial charge in [-0.25, -0.2) is 0 Å². The first-order valence-electron chi connectivity index (χ1n) is 5.48. The van der Waals surface area contributed by atoms with Gasteiger partial charge in [-0.3, -0.25) is 0 Å². The van der Waals surface area contributed by atoms with E-state index in [1.165, 1.54) is 5.39 Å². The first-order chi connectivity index (χ1) is 8.27. The fourth-order valence-corrected chi connectivity index (χ4v) is 2.07. The van der Waals surface area contributed by atoms with Crippen molar-refractivity contribution in [2.45, 2.75) is 0 Å². The molecule has 2 aromatic carbocycles. The Balaban J connectivity index is 0.000000902. The molecule has 4 N–H and O–H groups in total. The number of halogens is 2. The molecule has 0 saturated carbocycles. The van der Waals surface area contributed by atoms with Gasteiger partial charge >= 0.3 is 0 Å². The van der Waals surface area contributed by atoms with E-state index in [2.05, 4.69) is 22.8 Å². The highest BCUT2D eigenvalue weighted by Crippen LogP contribution is 2.27. The first kappa shape index (κ1) is 15.2. The molecule has 0 radical (unpaired) electrons. The zero-order chi connectivity index (χ0) is 11.8. The van der Waals surface area contributed by atoms with Gasteiger partial charge in [0.05, 0.1) is 22.6 Å². The second-order valence-corrected chi connectivity index (χ2v) is 4.02. The molecule has 1 aromatic heterocycles. The largest absolute Gasteiger partial charge is 0.397 e. The zero-order valence-electron chi connectivity index (χ0n) is 10.1. The molecule has 3 rings (SSSR count). The van der Waals surface area contributed by atoms with Gasteiger partial charge in [0.1, 0.15) is 0 Å². The highest BCUT2D eigenvalue weighted by Gasteiger charge is 2.07. The van der Waals surface area contributed by atoms with Gasteiger partial charge in [0.15, 0.2) is 0 Å². The van der Waals surface area contributed by atoms with Gasteiger partial charge in [-0.15, -0.1) is 24.8 Å². The Bertz CT molecular complexity index is 692. The van der Waals surface area contributed by atoms with Crippen LogP contribution in [0.4, 0.5) is 11.4 Å². The van der Waals surface area contributed by atoms with E-state index in [-0.39, 0.29) is 24.8 Å². The van der Waals surface area contributed by atoms with Gasteiger partial charge in [-0.1, -0.05) is 24.3 Å². The minimum absolute atomic E-state index is 0. The molecule has 3 aromatic rings. The Morgan fingerprint density at radius 2 is 1.53 bits per heavy atom. The third-order valence-corrected chi connectivity index (χ3v) is 2.98. The average Bonchev–Trinajstić information content (AvgIpc) is 2.77. The molecule has 100 valence electrons. The summed E-state index contributed by atoms with van der Waals surface area (Å²) in [5, 5.41) is 1.19. The van der Waals surface area contributed by atoms with Crippen LogP contribution in [0.1, 0.15) is 0 Å². The molecule has 0 aliphatic rings. The number of hydrogen-bond donors (Lipinski definition) is 2. The minimum atomic E-state index is 0. The van der Waals surface area contributed by atoms with Crippen molar-refractivity contribution in [1.29, 1.82) is 0 Å². The van der Waals surface area contributed by atoms with Gasteiger partial charge in [0, 0.05) is 6.20 Å². The highest BCUT2D eigenvalue weighted by atomic mass is 35.5. The maximum atomic E-state index is 6.02. The predicted molar refractivity (Wildman–Crippen MR) is 86.6 cm³/mol. The summed E-state index contributed by atoms with van der Waals surface area (Å²) >= 11 is 0. The summed E-state index contributed by atoms with van der Waals surface area (Å²) in [4.78, 5) is 0. The van der Waals surface area contributed by atoms with Crippen molar-refractivity contribution in [1.82, 2.24) is 4.57 Å². The second-order valence-electron chi connectivity index (χ2n) is 4.02. The van der Waals surface area contributed by atoms with E-state index in [4.69, 9.17) is 11.5 Å². The van der Waals surface area contributed by atoms with Crippen molar-refractivity contribution < 1.29 is 0 Å². The minimum Gasteiger partial charge on any atom is -0.397 e. The number of rotatable bonds is 1. The van der Waals surface area contributed by atoms with E-state index in [0.717, 1.165) is 11.2 Å². The molecule has 0 saturated heterocycles. The highest BCUT2D eigenvalue weighted by molar-refractivity contribution is 5.86. The number of nitrogens with two attached hydrogens (primary N) is 2. The summed E-state index contributed by atoms with van der Waals surface area (Å²) in [5.74, 6) is 0. The molecule has 0 atom stereocenters. The van der Waals surface area contributed by atoms with Crippen LogP contribution in [0.15, 0.2) is 54.7 Å². The number of hydrogen-bond acceptors (Lipinski definition) is 2. The summed E-state index contributed by atoms with van der Waals surface area (Å²) < 4.78 is 2.06. The number of nitrogens with zero attached hydrogens (tertiary/aromatic N) is 1. The van der Waals surface area contributed by atoms with Gasteiger partial charge < -0.3 is 16.0 Å². The van der Waals surface area contributed by atoms with Crippen molar-refractivity contribution in [3.8, 4) is 5.69 Å². The number of aromatic nitrogens is 1. The molecule has 19 heavy (non-hydrogen) atoms. The lowest BCUT2D eigenvalue weighted by molar-refractivity contribution is 1.13. The third-order valence-electron chi connectivity index (χ3n) is 2.98. The first-order valence-corrected chi connectivity index (χ1v) is 5.48. The fourth-order valence-electron chi connectivity index (χ4n) is 2.07. The average molecular weight is 296 g/mol. The van der Waals surface area contributed by atoms with Crippen molar-refractivity contribution in [3.05, 3.63) is 54.7 Å². The van der Waals surface area contributed by atoms with E-state index in [0.29, 0.717) is 11.4 Å². The molecule has 0 unspecified atom stereocenters. The topological polar surface area (TPSA) is 57.0 Å². The lowest BCUT2D eigenvalue weighted by Crippen LogP contribution is -2.01. The Kier molecular flexibility index (Phi) is 4.70. The van der Waals surface area contributed by atoms with Crippen molar-refractivity contribution in [2.24, 2.45) is 0 Å². The molecule has 0 amide bonds. The summed E-state index contributed by atoms with van der Waals surface area (Å²) in [6, 6.07) is 15.9. The summed E-state index contributed by atoms with van der Waals surface area (Å²) in [7, 11) is 0. The number of anilines is 2. The van der Waals surface area contributed by atoms with Crippen LogP contribution < -0.4 is 11.5 Å². The molecular formula is C14H15Cl2N3. The number of fused-ring (bicyclic) bond motifs is 1.